The van der Waals surface area contributed by atoms with Crippen LogP contribution in [0.15, 0.2) is 18.2 Å². The molecule has 1 unspecified atom stereocenters. The zero-order valence-corrected chi connectivity index (χ0v) is 18.3. The van der Waals surface area contributed by atoms with Gasteiger partial charge < -0.3 is 18.8 Å². The monoisotopic (exact) mass is 410 g/mol. The Balaban J connectivity index is 1.41. The van der Waals surface area contributed by atoms with Crippen molar-refractivity contribution >= 4 is 24.3 Å². The van der Waals surface area contributed by atoms with E-state index in [0.29, 0.717) is 17.9 Å². The van der Waals surface area contributed by atoms with Crippen LogP contribution in [-0.2, 0) is 24.5 Å². The summed E-state index contributed by atoms with van der Waals surface area (Å²) >= 11 is 1.72. The largest absolute Gasteiger partial charge is 0.494 e. The molecule has 0 aliphatic carbocycles. The van der Waals surface area contributed by atoms with Gasteiger partial charge in [-0.2, -0.15) is 11.8 Å². The van der Waals surface area contributed by atoms with Gasteiger partial charge in [-0.3, -0.25) is 0 Å². The van der Waals surface area contributed by atoms with Crippen LogP contribution in [0.1, 0.15) is 58.9 Å². The Kier molecular flexibility index (Phi) is 7.48. The van der Waals surface area contributed by atoms with Crippen LogP contribution in [0.5, 0.6) is 0 Å². The number of hydrogen-bond acceptors (Lipinski definition) is 5. The molecule has 7 heteroatoms. The van der Waals surface area contributed by atoms with Gasteiger partial charge in [0.2, 0.25) is 0 Å². The van der Waals surface area contributed by atoms with Gasteiger partial charge in [-0.15, -0.1) is 0 Å². The second-order valence-corrected chi connectivity index (χ2v) is 9.62. The number of halogens is 1. The quantitative estimate of drug-likeness (QED) is 0.472. The van der Waals surface area contributed by atoms with E-state index in [4.69, 9.17) is 18.8 Å². The lowest BCUT2D eigenvalue weighted by molar-refractivity contribution is -0.162. The van der Waals surface area contributed by atoms with E-state index in [9.17, 15) is 4.39 Å². The topological polar surface area (TPSA) is 36.9 Å². The Morgan fingerprint density at radius 1 is 1.18 bits per heavy atom. The van der Waals surface area contributed by atoms with E-state index < -0.39 is 18.3 Å². The molecule has 1 aromatic carbocycles. The van der Waals surface area contributed by atoms with Crippen molar-refractivity contribution in [1.82, 2.24) is 0 Å². The summed E-state index contributed by atoms with van der Waals surface area (Å²) in [5.74, 6) is 1.38. The first-order valence-electron chi connectivity index (χ1n) is 10.2. The third-order valence-corrected chi connectivity index (χ3v) is 6.83. The maximum absolute atomic E-state index is 14.5. The zero-order chi connectivity index (χ0) is 20.2. The standard InChI is InChI=1S/C21H32BFO4S/c1-20(2)21(3,4)27-22(26-20)17-10-9-16(18(23)14-17)15-28-13-7-12-25-19-8-5-6-11-24-19/h9-10,14,19H,5-8,11-13,15H2,1-4H3. The lowest BCUT2D eigenvalue weighted by atomic mass is 9.79. The van der Waals surface area contributed by atoms with Crippen molar-refractivity contribution in [1.29, 1.82) is 0 Å². The normalized spacial score (nSPS) is 23.9. The molecule has 0 bridgehead atoms. The Morgan fingerprint density at radius 3 is 2.57 bits per heavy atom. The van der Waals surface area contributed by atoms with E-state index in [1.54, 1.807) is 17.8 Å². The minimum Gasteiger partial charge on any atom is -0.399 e. The minimum absolute atomic E-state index is 0.0290. The Hall–Kier alpha value is -0.595. The molecule has 0 amide bonds. The van der Waals surface area contributed by atoms with Gasteiger partial charge in [-0.25, -0.2) is 4.39 Å². The predicted octanol–water partition coefficient (Wildman–Crippen LogP) is 4.29. The number of ether oxygens (including phenoxy) is 2. The van der Waals surface area contributed by atoms with E-state index in [0.717, 1.165) is 37.1 Å². The third kappa shape index (κ3) is 5.51. The fourth-order valence-electron chi connectivity index (χ4n) is 3.21. The second-order valence-electron chi connectivity index (χ2n) is 8.51. The van der Waals surface area contributed by atoms with Gasteiger partial charge in [-0.05, 0) is 76.2 Å². The van der Waals surface area contributed by atoms with Gasteiger partial charge in [-0.1, -0.05) is 12.1 Å². The van der Waals surface area contributed by atoms with Crippen LogP contribution >= 0.6 is 11.8 Å². The molecule has 2 aliphatic heterocycles. The summed E-state index contributed by atoms with van der Waals surface area (Å²) in [6.45, 7) is 9.50. The highest BCUT2D eigenvalue weighted by atomic mass is 32.2. The van der Waals surface area contributed by atoms with Crippen LogP contribution in [0, 0.1) is 5.82 Å². The molecule has 28 heavy (non-hydrogen) atoms. The first kappa shape index (κ1) is 22.1. The number of benzene rings is 1. The molecular weight excluding hydrogens is 378 g/mol. The summed E-state index contributed by atoms with van der Waals surface area (Å²) < 4.78 is 37.8. The van der Waals surface area contributed by atoms with Crippen molar-refractivity contribution in [2.45, 2.75) is 76.6 Å². The molecule has 4 nitrogen and oxygen atoms in total. The van der Waals surface area contributed by atoms with Gasteiger partial charge in [0.1, 0.15) is 5.82 Å². The second kappa shape index (κ2) is 9.48. The molecule has 156 valence electrons. The van der Waals surface area contributed by atoms with Crippen molar-refractivity contribution in [3.8, 4) is 0 Å². The molecule has 0 radical (unpaired) electrons. The molecule has 1 aromatic rings. The molecule has 0 aromatic heterocycles. The van der Waals surface area contributed by atoms with Crippen LogP contribution in [0.3, 0.4) is 0 Å². The summed E-state index contributed by atoms with van der Waals surface area (Å²) in [4.78, 5) is 0. The maximum atomic E-state index is 14.5. The molecule has 0 spiro atoms. The van der Waals surface area contributed by atoms with Crippen molar-refractivity contribution in [3.05, 3.63) is 29.6 Å². The van der Waals surface area contributed by atoms with Crippen LogP contribution < -0.4 is 5.46 Å². The smallest absolute Gasteiger partial charge is 0.399 e. The van der Waals surface area contributed by atoms with Crippen molar-refractivity contribution in [3.63, 3.8) is 0 Å². The van der Waals surface area contributed by atoms with Crippen LogP contribution in [-0.4, -0.2) is 43.6 Å². The van der Waals surface area contributed by atoms with Gasteiger partial charge in [0.15, 0.2) is 6.29 Å². The first-order chi connectivity index (χ1) is 13.3. The fraction of sp³-hybridized carbons (Fsp3) is 0.714. The highest BCUT2D eigenvalue weighted by Gasteiger charge is 2.51. The van der Waals surface area contributed by atoms with Crippen molar-refractivity contribution in [2.75, 3.05) is 19.0 Å². The Bertz CT molecular complexity index is 633. The lowest BCUT2D eigenvalue weighted by Crippen LogP contribution is -2.41. The van der Waals surface area contributed by atoms with E-state index in [-0.39, 0.29) is 12.1 Å². The van der Waals surface area contributed by atoms with Gasteiger partial charge in [0.25, 0.3) is 0 Å². The summed E-state index contributed by atoms with van der Waals surface area (Å²) in [5.41, 5.74) is 0.591. The molecule has 2 aliphatic rings. The molecule has 0 N–H and O–H groups in total. The fourth-order valence-corrected chi connectivity index (χ4v) is 4.13. The minimum atomic E-state index is -0.527. The maximum Gasteiger partial charge on any atom is 0.494 e. The molecule has 2 heterocycles. The third-order valence-electron chi connectivity index (χ3n) is 5.73. The Labute approximate surface area is 173 Å². The average molecular weight is 410 g/mol. The van der Waals surface area contributed by atoms with Crippen LogP contribution in [0.25, 0.3) is 0 Å². The number of rotatable bonds is 8. The van der Waals surface area contributed by atoms with E-state index in [1.165, 1.54) is 6.42 Å². The zero-order valence-electron chi connectivity index (χ0n) is 17.5. The molecular formula is C21H32BFO4S. The lowest BCUT2D eigenvalue weighted by Gasteiger charge is -2.32. The SMILES string of the molecule is CC1(C)OB(c2ccc(CSCCCOC3CCCCO3)c(F)c2)OC1(C)C. The number of hydrogen-bond donors (Lipinski definition) is 0. The molecule has 2 fully saturated rings. The van der Waals surface area contributed by atoms with E-state index in [2.05, 4.69) is 0 Å². The highest BCUT2D eigenvalue weighted by Crippen LogP contribution is 2.36. The Morgan fingerprint density at radius 2 is 1.93 bits per heavy atom. The van der Waals surface area contributed by atoms with Gasteiger partial charge in [0.05, 0.1) is 17.8 Å². The highest BCUT2D eigenvalue weighted by molar-refractivity contribution is 7.98. The van der Waals surface area contributed by atoms with Crippen LogP contribution in [0.2, 0.25) is 0 Å². The summed E-state index contributed by atoms with van der Waals surface area (Å²) in [5, 5.41) is 0. The first-order valence-corrected chi connectivity index (χ1v) is 11.4. The molecule has 0 saturated carbocycles. The average Bonchev–Trinajstić information content (AvgIpc) is 2.87. The van der Waals surface area contributed by atoms with Crippen LogP contribution in [0.4, 0.5) is 4.39 Å². The molecule has 1 atom stereocenters. The van der Waals surface area contributed by atoms with E-state index in [1.807, 2.05) is 39.8 Å². The van der Waals surface area contributed by atoms with E-state index >= 15 is 0 Å². The predicted molar refractivity (Wildman–Crippen MR) is 112 cm³/mol. The van der Waals surface area contributed by atoms with Gasteiger partial charge >= 0.3 is 7.12 Å². The van der Waals surface area contributed by atoms with Crippen molar-refractivity contribution < 1.29 is 23.2 Å². The molecule has 3 rings (SSSR count). The molecule has 2 saturated heterocycles. The number of thioether (sulfide) groups is 1. The summed E-state index contributed by atoms with van der Waals surface area (Å²) in [6.07, 6.45) is 4.22. The van der Waals surface area contributed by atoms with Crippen molar-refractivity contribution in [2.24, 2.45) is 0 Å². The summed E-state index contributed by atoms with van der Waals surface area (Å²) in [6, 6.07) is 5.29. The summed E-state index contributed by atoms with van der Waals surface area (Å²) in [7, 11) is -0.527. The van der Waals surface area contributed by atoms with Gasteiger partial charge in [0, 0.05) is 12.4 Å².